The van der Waals surface area contributed by atoms with Crippen molar-refractivity contribution in [2.24, 2.45) is 0 Å². The van der Waals surface area contributed by atoms with E-state index in [0.29, 0.717) is 0 Å². The fourth-order valence-electron chi connectivity index (χ4n) is 1.97. The first-order valence-electron chi connectivity index (χ1n) is 5.39. The van der Waals surface area contributed by atoms with Crippen molar-refractivity contribution in [3.05, 3.63) is 47.3 Å². The second-order valence-electron chi connectivity index (χ2n) is 4.02. The van der Waals surface area contributed by atoms with Crippen molar-refractivity contribution in [2.45, 2.75) is 26.7 Å². The van der Waals surface area contributed by atoms with Gasteiger partial charge in [-0.15, -0.1) is 0 Å². The highest BCUT2D eigenvalue weighted by Gasteiger charge is 2.01. The molecule has 0 bridgehead atoms. The summed E-state index contributed by atoms with van der Waals surface area (Å²) in [7, 11) is 0. The molecule has 2 aromatic carbocycles. The Kier molecular flexibility index (Phi) is 2.72. The van der Waals surface area contributed by atoms with Crippen molar-refractivity contribution in [2.75, 3.05) is 0 Å². The molecule has 2 aromatic rings. The molecule has 0 aliphatic carbocycles. The molecule has 0 aromatic heterocycles. The summed E-state index contributed by atoms with van der Waals surface area (Å²) in [6.45, 7) is 4.28. The van der Waals surface area contributed by atoms with Crippen LogP contribution in [0.3, 0.4) is 0 Å². The van der Waals surface area contributed by atoms with Crippen molar-refractivity contribution < 1.29 is 4.39 Å². The smallest absolute Gasteiger partial charge is 0.123 e. The monoisotopic (exact) mass is 202 g/mol. The van der Waals surface area contributed by atoms with Crippen LogP contribution in [0, 0.1) is 12.7 Å². The van der Waals surface area contributed by atoms with Crippen LogP contribution in [0.4, 0.5) is 4.39 Å². The zero-order valence-electron chi connectivity index (χ0n) is 9.18. The van der Waals surface area contributed by atoms with Crippen LogP contribution in [-0.4, -0.2) is 0 Å². The maximum absolute atomic E-state index is 13.1. The molecule has 0 nitrogen and oxygen atoms in total. The zero-order valence-corrected chi connectivity index (χ0v) is 9.18. The van der Waals surface area contributed by atoms with Crippen LogP contribution in [-0.2, 0) is 6.42 Å². The van der Waals surface area contributed by atoms with Gasteiger partial charge in [0.1, 0.15) is 5.82 Å². The minimum Gasteiger partial charge on any atom is -0.207 e. The van der Waals surface area contributed by atoms with Gasteiger partial charge in [0.2, 0.25) is 0 Å². The van der Waals surface area contributed by atoms with Crippen LogP contribution in [0.25, 0.3) is 10.8 Å². The maximum atomic E-state index is 13.1. The summed E-state index contributed by atoms with van der Waals surface area (Å²) in [5.41, 5.74) is 2.63. The maximum Gasteiger partial charge on any atom is 0.123 e. The average molecular weight is 202 g/mol. The van der Waals surface area contributed by atoms with E-state index >= 15 is 0 Å². The average Bonchev–Trinajstić information content (AvgIpc) is 2.20. The highest BCUT2D eigenvalue weighted by atomic mass is 19.1. The SMILES string of the molecule is CCCc1cc2cc(F)ccc2cc1C. The predicted molar refractivity (Wildman–Crippen MR) is 62.6 cm³/mol. The van der Waals surface area contributed by atoms with E-state index in [1.807, 2.05) is 6.07 Å². The lowest BCUT2D eigenvalue weighted by atomic mass is 9.99. The van der Waals surface area contributed by atoms with Crippen molar-refractivity contribution in [3.63, 3.8) is 0 Å². The molecule has 0 aliphatic rings. The molecule has 0 N–H and O–H groups in total. The van der Waals surface area contributed by atoms with E-state index in [1.54, 1.807) is 6.07 Å². The van der Waals surface area contributed by atoms with Crippen molar-refractivity contribution in [1.82, 2.24) is 0 Å². The molecule has 0 aliphatic heterocycles. The number of rotatable bonds is 2. The Morgan fingerprint density at radius 3 is 2.60 bits per heavy atom. The third-order valence-electron chi connectivity index (χ3n) is 2.78. The Labute approximate surface area is 89.7 Å². The third-order valence-corrected chi connectivity index (χ3v) is 2.78. The lowest BCUT2D eigenvalue weighted by Crippen LogP contribution is -1.89. The van der Waals surface area contributed by atoms with Crippen LogP contribution >= 0.6 is 0 Å². The number of halogens is 1. The van der Waals surface area contributed by atoms with E-state index in [9.17, 15) is 4.39 Å². The molecule has 78 valence electrons. The molecule has 15 heavy (non-hydrogen) atoms. The summed E-state index contributed by atoms with van der Waals surface area (Å²) in [6.07, 6.45) is 2.19. The Morgan fingerprint density at radius 2 is 1.87 bits per heavy atom. The molecule has 0 fully saturated rings. The highest BCUT2D eigenvalue weighted by Crippen LogP contribution is 2.21. The molecule has 0 amide bonds. The number of hydrogen-bond acceptors (Lipinski definition) is 0. The van der Waals surface area contributed by atoms with Gasteiger partial charge in [0.15, 0.2) is 0 Å². The number of fused-ring (bicyclic) bond motifs is 1. The second kappa shape index (κ2) is 4.01. The molecular weight excluding hydrogens is 187 g/mol. The molecular formula is C14H15F. The summed E-state index contributed by atoms with van der Waals surface area (Å²) in [5.74, 6) is -0.159. The van der Waals surface area contributed by atoms with Gasteiger partial charge in [-0.1, -0.05) is 31.5 Å². The standard InChI is InChI=1S/C14H15F/c1-3-4-11-8-13-9-14(15)6-5-12(13)7-10(11)2/h5-9H,3-4H2,1-2H3. The van der Waals surface area contributed by atoms with E-state index < -0.39 is 0 Å². The molecule has 2 rings (SSSR count). The Morgan fingerprint density at radius 1 is 1.07 bits per heavy atom. The van der Waals surface area contributed by atoms with Gasteiger partial charge in [-0.25, -0.2) is 4.39 Å². The van der Waals surface area contributed by atoms with Crippen LogP contribution in [0.2, 0.25) is 0 Å². The van der Waals surface area contributed by atoms with Crippen LogP contribution in [0.1, 0.15) is 24.5 Å². The minimum absolute atomic E-state index is 0.159. The third kappa shape index (κ3) is 2.01. The van der Waals surface area contributed by atoms with E-state index in [1.165, 1.54) is 17.2 Å². The minimum atomic E-state index is -0.159. The number of benzene rings is 2. The predicted octanol–water partition coefficient (Wildman–Crippen LogP) is 4.24. The summed E-state index contributed by atoms with van der Waals surface area (Å²) >= 11 is 0. The highest BCUT2D eigenvalue weighted by molar-refractivity contribution is 5.84. The van der Waals surface area contributed by atoms with Gasteiger partial charge in [-0.2, -0.15) is 0 Å². The molecule has 0 atom stereocenters. The second-order valence-corrected chi connectivity index (χ2v) is 4.02. The normalized spacial score (nSPS) is 10.9. The van der Waals surface area contributed by atoms with Crippen molar-refractivity contribution in [3.8, 4) is 0 Å². The number of hydrogen-bond donors (Lipinski definition) is 0. The fraction of sp³-hybridized carbons (Fsp3) is 0.286. The molecule has 0 saturated heterocycles. The van der Waals surface area contributed by atoms with Crippen molar-refractivity contribution in [1.29, 1.82) is 0 Å². The summed E-state index contributed by atoms with van der Waals surface area (Å²) < 4.78 is 13.1. The van der Waals surface area contributed by atoms with Gasteiger partial charge >= 0.3 is 0 Å². The molecule has 1 heteroatoms. The van der Waals surface area contributed by atoms with Crippen LogP contribution < -0.4 is 0 Å². The van der Waals surface area contributed by atoms with Crippen LogP contribution in [0.15, 0.2) is 30.3 Å². The zero-order chi connectivity index (χ0) is 10.8. The molecule has 0 radical (unpaired) electrons. The quantitative estimate of drug-likeness (QED) is 0.683. The molecule has 0 unspecified atom stereocenters. The molecule has 0 heterocycles. The van der Waals surface area contributed by atoms with Crippen LogP contribution in [0.5, 0.6) is 0 Å². The first-order valence-corrected chi connectivity index (χ1v) is 5.39. The first-order chi connectivity index (χ1) is 7.20. The lowest BCUT2D eigenvalue weighted by molar-refractivity contribution is 0.629. The Hall–Kier alpha value is -1.37. The Balaban J connectivity index is 2.61. The van der Waals surface area contributed by atoms with Gasteiger partial charge in [-0.05, 0) is 47.4 Å². The van der Waals surface area contributed by atoms with Gasteiger partial charge in [-0.3, -0.25) is 0 Å². The topological polar surface area (TPSA) is 0 Å². The molecule has 0 saturated carbocycles. The fourth-order valence-corrected chi connectivity index (χ4v) is 1.97. The van der Waals surface area contributed by atoms with E-state index in [-0.39, 0.29) is 5.82 Å². The lowest BCUT2D eigenvalue weighted by Gasteiger charge is -2.07. The van der Waals surface area contributed by atoms with Crippen molar-refractivity contribution >= 4 is 10.8 Å². The van der Waals surface area contributed by atoms with Gasteiger partial charge in [0, 0.05) is 0 Å². The van der Waals surface area contributed by atoms with Gasteiger partial charge in [0.25, 0.3) is 0 Å². The van der Waals surface area contributed by atoms with E-state index in [0.717, 1.165) is 23.6 Å². The van der Waals surface area contributed by atoms with Gasteiger partial charge in [0.05, 0.1) is 0 Å². The Bertz CT molecular complexity index is 486. The van der Waals surface area contributed by atoms with E-state index in [2.05, 4.69) is 26.0 Å². The van der Waals surface area contributed by atoms with Gasteiger partial charge < -0.3 is 0 Å². The summed E-state index contributed by atoms with van der Waals surface area (Å²) in [6, 6.07) is 9.21. The first kappa shape index (κ1) is 10.2. The molecule has 0 spiro atoms. The largest absolute Gasteiger partial charge is 0.207 e. The summed E-state index contributed by atoms with van der Waals surface area (Å²) in [4.78, 5) is 0. The summed E-state index contributed by atoms with van der Waals surface area (Å²) in [5, 5.41) is 2.12. The number of aryl methyl sites for hydroxylation is 2. The van der Waals surface area contributed by atoms with E-state index in [4.69, 9.17) is 0 Å².